The average Bonchev–Trinajstić information content (AvgIpc) is 3.77. The first-order valence-corrected chi connectivity index (χ1v) is 12.9. The van der Waals surface area contributed by atoms with E-state index in [2.05, 4.69) is 30.2 Å². The fourth-order valence-corrected chi connectivity index (χ4v) is 4.48. The van der Waals surface area contributed by atoms with Crippen LogP contribution in [0.2, 0.25) is 0 Å². The van der Waals surface area contributed by atoms with Crippen LogP contribution in [0.5, 0.6) is 5.88 Å². The lowest BCUT2D eigenvalue weighted by Gasteiger charge is -2.18. The van der Waals surface area contributed by atoms with Gasteiger partial charge in [0.05, 0.1) is 43.9 Å². The molecule has 0 aliphatic heterocycles. The van der Waals surface area contributed by atoms with Crippen molar-refractivity contribution in [1.29, 1.82) is 0 Å². The molecule has 1 N–H and O–H groups in total. The van der Waals surface area contributed by atoms with Gasteiger partial charge in [-0.15, -0.1) is 0 Å². The molecule has 2 atom stereocenters. The van der Waals surface area contributed by atoms with Crippen LogP contribution in [0.15, 0.2) is 40.5 Å². The number of pyridine rings is 1. The van der Waals surface area contributed by atoms with Crippen molar-refractivity contribution in [3.8, 4) is 17.3 Å². The van der Waals surface area contributed by atoms with E-state index in [0.717, 1.165) is 18.5 Å². The predicted molar refractivity (Wildman–Crippen MR) is 136 cm³/mol. The first kappa shape index (κ1) is 25.8. The van der Waals surface area contributed by atoms with Crippen LogP contribution in [0.4, 0.5) is 5.82 Å². The number of nitrogens with one attached hydrogen (secondary N) is 1. The van der Waals surface area contributed by atoms with Gasteiger partial charge < -0.3 is 19.3 Å². The Bertz CT molecular complexity index is 1560. The van der Waals surface area contributed by atoms with Gasteiger partial charge in [0, 0.05) is 24.1 Å². The summed E-state index contributed by atoms with van der Waals surface area (Å²) in [6.07, 6.45) is 6.30. The predicted octanol–water partition coefficient (Wildman–Crippen LogP) is 1.98. The number of hydrogen-bond acceptors (Lipinski definition) is 12. The molecule has 38 heavy (non-hydrogen) atoms. The number of methoxy groups -OCH3 is 2. The van der Waals surface area contributed by atoms with Crippen molar-refractivity contribution in [3.63, 3.8) is 0 Å². The van der Waals surface area contributed by atoms with Crippen molar-refractivity contribution in [2.45, 2.75) is 43.2 Å². The molecule has 14 heteroatoms. The number of nitrogens with zero attached hydrogens (tertiary/aromatic N) is 7. The van der Waals surface area contributed by atoms with Gasteiger partial charge in [0.15, 0.2) is 17.3 Å². The third-order valence-corrected chi connectivity index (χ3v) is 6.76. The van der Waals surface area contributed by atoms with Crippen molar-refractivity contribution < 1.29 is 18.2 Å². The monoisotopic (exact) mass is 537 g/mol. The normalized spacial score (nSPS) is 14.8. The number of hydrogen-bond donors (Lipinski definition) is 1. The van der Waals surface area contributed by atoms with Gasteiger partial charge in [-0.05, 0) is 43.0 Å². The number of fused-ring (bicyclic) bond motifs is 1. The summed E-state index contributed by atoms with van der Waals surface area (Å²) in [5.74, 6) is 1.08. The number of anilines is 1. The van der Waals surface area contributed by atoms with Crippen LogP contribution in [-0.2, 0) is 22.4 Å². The first-order valence-electron chi connectivity index (χ1n) is 11.9. The lowest BCUT2D eigenvalue weighted by molar-refractivity contribution is 0.162. The lowest BCUT2D eigenvalue weighted by atomic mass is 10.1. The highest BCUT2D eigenvalue weighted by Crippen LogP contribution is 2.44. The maximum atomic E-state index is 13.6. The molecule has 4 aromatic heterocycles. The number of rotatable bonds is 10. The lowest BCUT2D eigenvalue weighted by Crippen LogP contribution is -2.30. The molecule has 13 nitrogen and oxygen atoms in total. The van der Waals surface area contributed by atoms with Crippen LogP contribution in [0, 0.1) is 0 Å². The molecule has 1 fully saturated rings. The highest BCUT2D eigenvalue weighted by Gasteiger charge is 2.31. The molecule has 4 aromatic rings. The SMILES string of the molecule is COC[C@@H](C)n1c(=O)c(NCc2ccc(S(=O)[O-])cn2)nc2cnc(-c3c(OC)ncnc3C3CC3)nc21. The highest BCUT2D eigenvalue weighted by molar-refractivity contribution is 7.79. The Hall–Kier alpha value is -3.88. The smallest absolute Gasteiger partial charge is 0.295 e. The summed E-state index contributed by atoms with van der Waals surface area (Å²) in [6, 6.07) is 2.63. The molecule has 0 spiro atoms. The molecule has 0 amide bonds. The fraction of sp³-hybridized carbons (Fsp3) is 0.375. The molecule has 0 radical (unpaired) electrons. The van der Waals surface area contributed by atoms with Gasteiger partial charge in [-0.2, -0.15) is 0 Å². The first-order chi connectivity index (χ1) is 18.4. The van der Waals surface area contributed by atoms with E-state index in [1.807, 2.05) is 6.92 Å². The molecule has 1 aliphatic carbocycles. The third-order valence-electron chi connectivity index (χ3n) is 6.13. The van der Waals surface area contributed by atoms with Crippen molar-refractivity contribution in [2.24, 2.45) is 0 Å². The van der Waals surface area contributed by atoms with Crippen molar-refractivity contribution in [3.05, 3.63) is 52.6 Å². The molecule has 0 saturated heterocycles. The van der Waals surface area contributed by atoms with Crippen LogP contribution in [-0.4, -0.2) is 64.1 Å². The van der Waals surface area contributed by atoms with E-state index in [9.17, 15) is 13.6 Å². The molecule has 0 bridgehead atoms. The Morgan fingerprint density at radius 1 is 1.16 bits per heavy atom. The molecule has 198 valence electrons. The minimum Gasteiger partial charge on any atom is -0.768 e. The quantitative estimate of drug-likeness (QED) is 0.292. The van der Waals surface area contributed by atoms with E-state index in [4.69, 9.17) is 14.5 Å². The van der Waals surface area contributed by atoms with Gasteiger partial charge in [-0.1, -0.05) is 0 Å². The molecule has 5 rings (SSSR count). The Labute approximate surface area is 220 Å². The van der Waals surface area contributed by atoms with Crippen molar-refractivity contribution in [2.75, 3.05) is 26.1 Å². The van der Waals surface area contributed by atoms with Crippen molar-refractivity contribution >= 4 is 28.1 Å². The molecule has 0 aromatic carbocycles. The summed E-state index contributed by atoms with van der Waals surface area (Å²) in [6.45, 7) is 2.26. The summed E-state index contributed by atoms with van der Waals surface area (Å²) in [4.78, 5) is 40.3. The number of aromatic nitrogens is 7. The van der Waals surface area contributed by atoms with E-state index >= 15 is 0 Å². The molecule has 1 aliphatic rings. The van der Waals surface area contributed by atoms with Crippen LogP contribution in [0.1, 0.15) is 43.1 Å². The minimum absolute atomic E-state index is 0.0755. The molecule has 1 unspecified atom stereocenters. The van der Waals surface area contributed by atoms with E-state index < -0.39 is 16.6 Å². The molecular weight excluding hydrogens is 512 g/mol. The van der Waals surface area contributed by atoms with Gasteiger partial charge in [0.25, 0.3) is 5.56 Å². The standard InChI is InChI=1S/C24H26N8O5S/c1-13(11-36-2)32-22-17(30-21(24(32)33)26-8-15-6-7-16(9-25-15)38(34)35)10-27-20(31-22)18-19(14-4-5-14)28-12-29-23(18)37-3/h6-7,9-10,12-14H,4-5,8,11H2,1-3H3,(H,26,30)(H,34,35)/p-1/t13-/m1/s1. The van der Waals surface area contributed by atoms with E-state index in [-0.39, 0.29) is 35.8 Å². The summed E-state index contributed by atoms with van der Waals surface area (Å²) >= 11 is -2.37. The second-order valence-electron chi connectivity index (χ2n) is 8.83. The molecule has 4 heterocycles. The van der Waals surface area contributed by atoms with E-state index in [1.165, 1.54) is 30.3 Å². The Morgan fingerprint density at radius 2 is 1.97 bits per heavy atom. The van der Waals surface area contributed by atoms with E-state index in [0.29, 0.717) is 34.1 Å². The van der Waals surface area contributed by atoms with Crippen molar-refractivity contribution in [1.82, 2.24) is 34.5 Å². The average molecular weight is 538 g/mol. The highest BCUT2D eigenvalue weighted by atomic mass is 32.2. The largest absolute Gasteiger partial charge is 0.768 e. The van der Waals surface area contributed by atoms with Gasteiger partial charge in [-0.3, -0.25) is 18.6 Å². The topological polar surface area (TPSA) is 170 Å². The number of ether oxygens (including phenoxy) is 2. The van der Waals surface area contributed by atoms with Crippen LogP contribution in [0.25, 0.3) is 22.6 Å². The maximum absolute atomic E-state index is 13.6. The summed E-state index contributed by atoms with van der Waals surface area (Å²) in [5, 5.41) is 3.01. The zero-order valence-corrected chi connectivity index (χ0v) is 21.8. The Morgan fingerprint density at radius 3 is 2.63 bits per heavy atom. The summed E-state index contributed by atoms with van der Waals surface area (Å²) in [7, 11) is 3.09. The second-order valence-corrected chi connectivity index (χ2v) is 9.77. The minimum atomic E-state index is -2.37. The Balaban J connectivity index is 1.58. The fourth-order valence-electron chi connectivity index (χ4n) is 4.16. The second kappa shape index (κ2) is 10.8. The summed E-state index contributed by atoms with van der Waals surface area (Å²) in [5.41, 5.74) is 2.29. The van der Waals surface area contributed by atoms with Crippen LogP contribution >= 0.6 is 0 Å². The zero-order valence-electron chi connectivity index (χ0n) is 20.9. The van der Waals surface area contributed by atoms with Gasteiger partial charge in [-0.25, -0.2) is 24.9 Å². The zero-order chi connectivity index (χ0) is 26.8. The van der Waals surface area contributed by atoms with Crippen LogP contribution in [0.3, 0.4) is 0 Å². The summed E-state index contributed by atoms with van der Waals surface area (Å²) < 4.78 is 34.5. The van der Waals surface area contributed by atoms with Gasteiger partial charge in [0.1, 0.15) is 17.4 Å². The Kier molecular flexibility index (Phi) is 7.35. The molecule has 1 saturated carbocycles. The van der Waals surface area contributed by atoms with E-state index in [1.54, 1.807) is 19.4 Å². The van der Waals surface area contributed by atoms with Gasteiger partial charge >= 0.3 is 0 Å². The van der Waals surface area contributed by atoms with Gasteiger partial charge in [0.2, 0.25) is 5.88 Å². The third kappa shape index (κ3) is 5.10. The maximum Gasteiger partial charge on any atom is 0.295 e. The molecular formula is C24H25N8O5S-. The van der Waals surface area contributed by atoms with Crippen LogP contribution < -0.4 is 15.6 Å².